The second-order valence-corrected chi connectivity index (χ2v) is 8.49. The molecule has 1 aliphatic rings. The maximum Gasteiger partial charge on any atom is 0.407 e. The number of amides is 1. The second kappa shape index (κ2) is 8.13. The van der Waals surface area contributed by atoms with Gasteiger partial charge in [-0.1, -0.05) is 35.9 Å². The van der Waals surface area contributed by atoms with Crippen molar-refractivity contribution >= 4 is 45.8 Å². The topological polar surface area (TPSA) is 82.5 Å². The summed E-state index contributed by atoms with van der Waals surface area (Å²) in [5, 5.41) is 13.5. The number of thiazole rings is 1. The van der Waals surface area contributed by atoms with Gasteiger partial charge < -0.3 is 14.9 Å². The van der Waals surface area contributed by atoms with Crippen LogP contribution in [0.1, 0.15) is 0 Å². The molecule has 9 heteroatoms. The Morgan fingerprint density at radius 2 is 1.77 bits per heavy atom. The lowest BCUT2D eigenvalue weighted by molar-refractivity contribution is 0.142. The first-order valence-corrected chi connectivity index (χ1v) is 11.0. The summed E-state index contributed by atoms with van der Waals surface area (Å²) in [5.41, 5.74) is 3.71. The largest absolute Gasteiger partial charge is 0.465 e. The Morgan fingerprint density at radius 3 is 2.48 bits per heavy atom. The third-order valence-electron chi connectivity index (χ3n) is 5.43. The fourth-order valence-electron chi connectivity index (χ4n) is 3.89. The van der Waals surface area contributed by atoms with Crippen LogP contribution < -0.4 is 4.90 Å². The number of halogens is 1. The van der Waals surface area contributed by atoms with Gasteiger partial charge in [0.2, 0.25) is 0 Å². The van der Waals surface area contributed by atoms with Crippen molar-refractivity contribution in [1.82, 2.24) is 19.9 Å². The molecule has 2 aromatic heterocycles. The van der Waals surface area contributed by atoms with Crippen LogP contribution in [-0.4, -0.2) is 57.2 Å². The first-order valence-electron chi connectivity index (χ1n) is 9.78. The van der Waals surface area contributed by atoms with Gasteiger partial charge in [-0.3, -0.25) is 0 Å². The molecule has 2 aromatic carbocycles. The van der Waals surface area contributed by atoms with E-state index in [9.17, 15) is 9.90 Å². The molecule has 5 rings (SSSR count). The van der Waals surface area contributed by atoms with E-state index in [-0.39, 0.29) is 0 Å². The Kier molecular flexibility index (Phi) is 5.17. The summed E-state index contributed by atoms with van der Waals surface area (Å²) >= 11 is 8.36. The van der Waals surface area contributed by atoms with Crippen molar-refractivity contribution < 1.29 is 9.90 Å². The molecule has 1 aliphatic heterocycles. The van der Waals surface area contributed by atoms with Crippen LogP contribution in [-0.2, 0) is 0 Å². The lowest BCUT2D eigenvalue weighted by Crippen LogP contribution is -2.48. The number of benzene rings is 2. The number of hydrogen-bond acceptors (Lipinski definition) is 6. The Balaban J connectivity index is 1.56. The van der Waals surface area contributed by atoms with E-state index in [1.807, 2.05) is 41.8 Å². The van der Waals surface area contributed by atoms with Gasteiger partial charge in [0.25, 0.3) is 0 Å². The predicted molar refractivity (Wildman–Crippen MR) is 123 cm³/mol. The lowest BCUT2D eigenvalue weighted by atomic mass is 9.98. The average Bonchev–Trinajstić information content (AvgIpc) is 3.33. The zero-order chi connectivity index (χ0) is 21.4. The van der Waals surface area contributed by atoms with Crippen LogP contribution in [0.5, 0.6) is 0 Å². The van der Waals surface area contributed by atoms with E-state index < -0.39 is 6.09 Å². The van der Waals surface area contributed by atoms with E-state index in [0.717, 1.165) is 38.4 Å². The molecule has 1 N–H and O–H groups in total. The number of carbonyl (C=O) groups is 1. The molecule has 3 heterocycles. The number of hydrogen-bond donors (Lipinski definition) is 1. The first-order chi connectivity index (χ1) is 15.1. The van der Waals surface area contributed by atoms with Gasteiger partial charge in [-0.05, 0) is 17.7 Å². The van der Waals surface area contributed by atoms with E-state index in [2.05, 4.69) is 19.9 Å². The fraction of sp³-hybridized carbons (Fsp3) is 0.182. The number of anilines is 1. The molecule has 7 nitrogen and oxygen atoms in total. The van der Waals surface area contributed by atoms with Crippen molar-refractivity contribution in [3.63, 3.8) is 0 Å². The fourth-order valence-corrected chi connectivity index (χ4v) is 4.83. The molecule has 156 valence electrons. The third-order valence-corrected chi connectivity index (χ3v) is 6.55. The maximum absolute atomic E-state index is 11.2. The first kappa shape index (κ1) is 19.7. The van der Waals surface area contributed by atoms with Crippen LogP contribution in [0.25, 0.3) is 32.6 Å². The van der Waals surface area contributed by atoms with Crippen molar-refractivity contribution in [2.45, 2.75) is 0 Å². The SMILES string of the molecule is O=C(O)N1CCN(c2ncnc3cc(-c4ccccc4-c4nccs4)c(Cl)cc23)CC1. The summed E-state index contributed by atoms with van der Waals surface area (Å²) in [6.45, 7) is 2.02. The van der Waals surface area contributed by atoms with Gasteiger partial charge in [-0.15, -0.1) is 11.3 Å². The molecule has 0 aliphatic carbocycles. The standard InChI is InChI=1S/C22H18ClN5O2S/c23-18-11-17-19(25-13-26-20(17)27-6-8-28(9-7-27)22(29)30)12-16(18)14-3-1-2-4-15(14)21-24-5-10-31-21/h1-5,10-13H,6-9H2,(H,29,30). The van der Waals surface area contributed by atoms with Crippen molar-refractivity contribution in [1.29, 1.82) is 0 Å². The van der Waals surface area contributed by atoms with Crippen LogP contribution in [0.2, 0.25) is 5.02 Å². The van der Waals surface area contributed by atoms with Gasteiger partial charge in [-0.25, -0.2) is 19.7 Å². The number of nitrogens with zero attached hydrogens (tertiary/aromatic N) is 5. The smallest absolute Gasteiger partial charge is 0.407 e. The molecule has 1 amide bonds. The van der Waals surface area contributed by atoms with Gasteiger partial charge in [0.15, 0.2) is 0 Å². The van der Waals surface area contributed by atoms with Crippen LogP contribution in [0.15, 0.2) is 54.3 Å². The van der Waals surface area contributed by atoms with E-state index in [4.69, 9.17) is 11.6 Å². The predicted octanol–water partition coefficient (Wildman–Crippen LogP) is 4.87. The maximum atomic E-state index is 11.2. The Labute approximate surface area is 187 Å². The van der Waals surface area contributed by atoms with Gasteiger partial charge in [0.05, 0.1) is 5.52 Å². The molecule has 1 saturated heterocycles. The van der Waals surface area contributed by atoms with E-state index in [1.54, 1.807) is 23.9 Å². The Bertz CT molecular complexity index is 1260. The molecule has 1 fully saturated rings. The Morgan fingerprint density at radius 1 is 1.00 bits per heavy atom. The summed E-state index contributed by atoms with van der Waals surface area (Å²) < 4.78 is 0. The van der Waals surface area contributed by atoms with Crippen LogP contribution in [0.4, 0.5) is 10.6 Å². The molecule has 4 aromatic rings. The minimum absolute atomic E-state index is 0.438. The van der Waals surface area contributed by atoms with Crippen molar-refractivity contribution in [2.75, 3.05) is 31.1 Å². The third kappa shape index (κ3) is 3.68. The molecular formula is C22H18ClN5O2S. The van der Waals surface area contributed by atoms with Crippen LogP contribution in [0.3, 0.4) is 0 Å². The highest BCUT2D eigenvalue weighted by Gasteiger charge is 2.23. The summed E-state index contributed by atoms with van der Waals surface area (Å²) in [7, 11) is 0. The van der Waals surface area contributed by atoms with Crippen LogP contribution >= 0.6 is 22.9 Å². The number of carboxylic acid groups (broad SMARTS) is 1. The van der Waals surface area contributed by atoms with Gasteiger partial charge >= 0.3 is 6.09 Å². The van der Waals surface area contributed by atoms with Gasteiger partial charge in [0, 0.05) is 59.3 Å². The average molecular weight is 452 g/mol. The number of rotatable bonds is 3. The minimum atomic E-state index is -0.890. The summed E-state index contributed by atoms with van der Waals surface area (Å²) in [6, 6.07) is 12.0. The highest BCUT2D eigenvalue weighted by atomic mass is 35.5. The molecule has 31 heavy (non-hydrogen) atoms. The molecule has 0 atom stereocenters. The minimum Gasteiger partial charge on any atom is -0.465 e. The highest BCUT2D eigenvalue weighted by Crippen LogP contribution is 2.39. The summed E-state index contributed by atoms with van der Waals surface area (Å²) in [4.78, 5) is 28.1. The molecule has 0 spiro atoms. The molecule has 0 radical (unpaired) electrons. The van der Waals surface area contributed by atoms with E-state index in [0.29, 0.717) is 31.2 Å². The van der Waals surface area contributed by atoms with Crippen molar-refractivity contribution in [3.05, 3.63) is 59.3 Å². The highest BCUT2D eigenvalue weighted by molar-refractivity contribution is 7.13. The normalized spacial score (nSPS) is 14.2. The Hall–Kier alpha value is -3.23. The second-order valence-electron chi connectivity index (χ2n) is 7.19. The monoisotopic (exact) mass is 451 g/mol. The van der Waals surface area contributed by atoms with E-state index in [1.165, 1.54) is 4.90 Å². The van der Waals surface area contributed by atoms with Gasteiger partial charge in [0.1, 0.15) is 17.2 Å². The number of fused-ring (bicyclic) bond motifs is 1. The lowest BCUT2D eigenvalue weighted by Gasteiger charge is -2.34. The zero-order valence-electron chi connectivity index (χ0n) is 16.4. The molecule has 0 bridgehead atoms. The van der Waals surface area contributed by atoms with E-state index >= 15 is 0 Å². The zero-order valence-corrected chi connectivity index (χ0v) is 18.0. The molecule has 0 unspecified atom stereocenters. The van der Waals surface area contributed by atoms with Crippen molar-refractivity contribution in [2.24, 2.45) is 0 Å². The molecule has 0 saturated carbocycles. The number of aromatic nitrogens is 3. The van der Waals surface area contributed by atoms with Crippen molar-refractivity contribution in [3.8, 4) is 21.7 Å². The summed E-state index contributed by atoms with van der Waals surface area (Å²) in [6.07, 6.45) is 2.45. The summed E-state index contributed by atoms with van der Waals surface area (Å²) in [5.74, 6) is 0.775. The van der Waals surface area contributed by atoms with Crippen LogP contribution in [0, 0.1) is 0 Å². The molecular weight excluding hydrogens is 434 g/mol. The number of piperazine rings is 1. The quantitative estimate of drug-likeness (QED) is 0.478. The van der Waals surface area contributed by atoms with Gasteiger partial charge in [-0.2, -0.15) is 0 Å².